The highest BCUT2D eigenvalue weighted by Gasteiger charge is 2.22. The minimum atomic E-state index is 0.241. The van der Waals surface area contributed by atoms with Crippen molar-refractivity contribution in [1.82, 2.24) is 0 Å². The van der Waals surface area contributed by atoms with Gasteiger partial charge in [0.1, 0.15) is 11.5 Å². The Balaban J connectivity index is 2.50. The topological polar surface area (TPSA) is 13.1 Å². The molecule has 0 saturated heterocycles. The zero-order valence-corrected chi connectivity index (χ0v) is 13.3. The van der Waals surface area contributed by atoms with Crippen molar-refractivity contribution >= 4 is 27.3 Å². The minimum absolute atomic E-state index is 0.241. The predicted octanol–water partition coefficient (Wildman–Crippen LogP) is 5.37. The fraction of sp³-hybridized carbons (Fsp3) is 0.429. The van der Waals surface area contributed by atoms with Gasteiger partial charge in [-0.1, -0.05) is 15.9 Å². The van der Waals surface area contributed by atoms with E-state index in [0.29, 0.717) is 0 Å². The Morgan fingerprint density at radius 3 is 2.18 bits per heavy atom. The molecule has 2 aromatic heterocycles. The maximum Gasteiger partial charge on any atom is 0.106 e. The summed E-state index contributed by atoms with van der Waals surface area (Å²) >= 11 is 5.67. The highest BCUT2D eigenvalue weighted by atomic mass is 79.9. The molecule has 0 fully saturated rings. The molecule has 0 saturated carbocycles. The summed E-state index contributed by atoms with van der Waals surface area (Å²) in [6.45, 7) is 10.5. The van der Waals surface area contributed by atoms with E-state index in [1.54, 1.807) is 0 Å². The lowest BCUT2D eigenvalue weighted by atomic mass is 10.0. The van der Waals surface area contributed by atoms with E-state index < -0.39 is 0 Å². The minimum Gasteiger partial charge on any atom is -0.466 e. The highest BCUT2D eigenvalue weighted by Crippen LogP contribution is 2.40. The van der Waals surface area contributed by atoms with Crippen LogP contribution in [0.5, 0.6) is 0 Å². The largest absolute Gasteiger partial charge is 0.466 e. The second kappa shape index (κ2) is 4.62. The molecule has 1 nitrogen and oxygen atoms in total. The molecule has 2 rings (SSSR count). The van der Waals surface area contributed by atoms with Crippen LogP contribution < -0.4 is 0 Å². The number of hydrogen-bond donors (Lipinski definition) is 0. The van der Waals surface area contributed by atoms with Crippen LogP contribution in [0.3, 0.4) is 0 Å². The molecule has 0 aromatic carbocycles. The molecule has 1 unspecified atom stereocenters. The first-order valence-corrected chi connectivity index (χ1v) is 7.42. The molecule has 0 aliphatic heterocycles. The van der Waals surface area contributed by atoms with Gasteiger partial charge in [-0.15, -0.1) is 11.3 Å². The molecular weight excluding hydrogens is 296 g/mol. The number of hydrogen-bond acceptors (Lipinski definition) is 2. The summed E-state index contributed by atoms with van der Waals surface area (Å²) < 4.78 is 5.71. The Kier molecular flexibility index (Phi) is 3.50. The van der Waals surface area contributed by atoms with E-state index in [9.17, 15) is 0 Å². The highest BCUT2D eigenvalue weighted by molar-refractivity contribution is 9.09. The van der Waals surface area contributed by atoms with Gasteiger partial charge in [-0.3, -0.25) is 0 Å². The third-order valence-corrected chi connectivity index (χ3v) is 5.16. The van der Waals surface area contributed by atoms with Crippen LogP contribution in [0.2, 0.25) is 0 Å². The average molecular weight is 313 g/mol. The van der Waals surface area contributed by atoms with Crippen LogP contribution in [0.4, 0.5) is 0 Å². The van der Waals surface area contributed by atoms with E-state index in [1.165, 1.54) is 26.4 Å². The van der Waals surface area contributed by atoms with Crippen LogP contribution in [0.1, 0.15) is 42.8 Å². The van der Waals surface area contributed by atoms with Gasteiger partial charge in [0.15, 0.2) is 0 Å². The Bertz CT molecular complexity index is 551. The van der Waals surface area contributed by atoms with E-state index in [1.807, 2.05) is 25.2 Å². The first-order chi connectivity index (χ1) is 7.91. The van der Waals surface area contributed by atoms with Crippen molar-refractivity contribution < 1.29 is 4.42 Å². The SMILES string of the molecule is Cc1cc(C(Br)c2c(C)oc(C)c2C)c(C)s1. The van der Waals surface area contributed by atoms with Crippen molar-refractivity contribution in [3.63, 3.8) is 0 Å². The summed E-state index contributed by atoms with van der Waals surface area (Å²) in [5.74, 6) is 2.04. The van der Waals surface area contributed by atoms with Crippen molar-refractivity contribution in [3.05, 3.63) is 44.0 Å². The van der Waals surface area contributed by atoms with E-state index >= 15 is 0 Å². The fourth-order valence-corrected chi connectivity index (χ4v) is 4.50. The van der Waals surface area contributed by atoms with Crippen molar-refractivity contribution in [3.8, 4) is 0 Å². The quantitative estimate of drug-likeness (QED) is 0.680. The Labute approximate surface area is 115 Å². The molecule has 17 heavy (non-hydrogen) atoms. The van der Waals surface area contributed by atoms with Gasteiger partial charge in [-0.2, -0.15) is 0 Å². The molecular formula is C14H17BrOS. The molecule has 92 valence electrons. The molecule has 0 bridgehead atoms. The van der Waals surface area contributed by atoms with Gasteiger partial charge >= 0.3 is 0 Å². The Hall–Kier alpha value is -0.540. The molecule has 2 heterocycles. The molecule has 1 atom stereocenters. The second-order valence-electron chi connectivity index (χ2n) is 4.48. The first kappa shape index (κ1) is 12.9. The van der Waals surface area contributed by atoms with E-state index in [4.69, 9.17) is 4.42 Å². The number of furan rings is 1. The lowest BCUT2D eigenvalue weighted by molar-refractivity contribution is 0.500. The number of halogens is 1. The lowest BCUT2D eigenvalue weighted by Crippen LogP contribution is -1.95. The van der Waals surface area contributed by atoms with Crippen molar-refractivity contribution in [2.45, 2.75) is 39.4 Å². The molecule has 3 heteroatoms. The zero-order chi connectivity index (χ0) is 12.7. The molecule has 0 amide bonds. The van der Waals surface area contributed by atoms with Crippen LogP contribution in [0.25, 0.3) is 0 Å². The van der Waals surface area contributed by atoms with Gasteiger partial charge in [0.2, 0.25) is 0 Å². The third-order valence-electron chi connectivity index (χ3n) is 3.22. The number of aryl methyl sites for hydroxylation is 4. The second-order valence-corrected chi connectivity index (χ2v) is 6.86. The fourth-order valence-electron chi connectivity index (χ4n) is 2.24. The van der Waals surface area contributed by atoms with Crippen LogP contribution in [0.15, 0.2) is 10.5 Å². The normalized spacial score (nSPS) is 13.1. The molecule has 0 aliphatic rings. The molecule has 0 aliphatic carbocycles. The summed E-state index contributed by atoms with van der Waals surface area (Å²) in [6, 6.07) is 2.26. The van der Waals surface area contributed by atoms with E-state index in [2.05, 4.69) is 42.8 Å². The van der Waals surface area contributed by atoms with E-state index in [0.717, 1.165) is 11.5 Å². The third kappa shape index (κ3) is 2.23. The summed E-state index contributed by atoms with van der Waals surface area (Å²) in [7, 11) is 0. The van der Waals surface area contributed by atoms with Crippen molar-refractivity contribution in [1.29, 1.82) is 0 Å². The maximum atomic E-state index is 5.71. The van der Waals surface area contributed by atoms with Crippen LogP contribution >= 0.6 is 27.3 Å². The summed E-state index contributed by atoms with van der Waals surface area (Å²) in [5, 5.41) is 0. The molecule has 2 aromatic rings. The van der Waals surface area contributed by atoms with Gasteiger partial charge in [-0.05, 0) is 51.8 Å². The lowest BCUT2D eigenvalue weighted by Gasteiger charge is -2.10. The van der Waals surface area contributed by atoms with Gasteiger partial charge in [0.05, 0.1) is 4.83 Å². The smallest absolute Gasteiger partial charge is 0.106 e. The summed E-state index contributed by atoms with van der Waals surface area (Å²) in [5.41, 5.74) is 3.90. The first-order valence-electron chi connectivity index (χ1n) is 5.69. The predicted molar refractivity (Wildman–Crippen MR) is 77.5 cm³/mol. The Morgan fingerprint density at radius 2 is 1.76 bits per heavy atom. The van der Waals surface area contributed by atoms with Crippen molar-refractivity contribution in [2.75, 3.05) is 0 Å². The van der Waals surface area contributed by atoms with Crippen LogP contribution in [-0.2, 0) is 0 Å². The van der Waals surface area contributed by atoms with Gasteiger partial charge in [0, 0.05) is 15.3 Å². The molecule has 0 spiro atoms. The average Bonchev–Trinajstić information content (AvgIpc) is 2.68. The number of alkyl halides is 1. The molecule has 0 radical (unpaired) electrons. The summed E-state index contributed by atoms with van der Waals surface area (Å²) in [4.78, 5) is 2.98. The van der Waals surface area contributed by atoms with Gasteiger partial charge in [-0.25, -0.2) is 0 Å². The van der Waals surface area contributed by atoms with Gasteiger partial charge < -0.3 is 4.42 Å². The number of rotatable bonds is 2. The van der Waals surface area contributed by atoms with Crippen LogP contribution in [0, 0.1) is 34.6 Å². The van der Waals surface area contributed by atoms with Crippen LogP contribution in [-0.4, -0.2) is 0 Å². The maximum absolute atomic E-state index is 5.71. The van der Waals surface area contributed by atoms with Gasteiger partial charge in [0.25, 0.3) is 0 Å². The Morgan fingerprint density at radius 1 is 1.12 bits per heavy atom. The van der Waals surface area contributed by atoms with E-state index in [-0.39, 0.29) is 4.83 Å². The van der Waals surface area contributed by atoms with Crippen molar-refractivity contribution in [2.24, 2.45) is 0 Å². The molecule has 0 N–H and O–H groups in total. The summed E-state index contributed by atoms with van der Waals surface area (Å²) in [6.07, 6.45) is 0. The monoisotopic (exact) mass is 312 g/mol. The number of thiophene rings is 1. The standard InChI is InChI=1S/C14H17BrOS/c1-7-6-12(11(5)17-7)14(15)13-8(2)9(3)16-10(13)4/h6,14H,1-5H3. The zero-order valence-electron chi connectivity index (χ0n) is 10.8.